The van der Waals surface area contributed by atoms with Gasteiger partial charge in [-0.3, -0.25) is 28.9 Å². The first-order chi connectivity index (χ1) is 16.0. The number of ether oxygens (including phenoxy) is 1. The van der Waals surface area contributed by atoms with E-state index < -0.39 is 17.2 Å². The van der Waals surface area contributed by atoms with Gasteiger partial charge in [0.05, 0.1) is 13.2 Å². The molecule has 0 radical (unpaired) electrons. The number of carbonyl (C=O) groups is 5. The molecule has 198 valence electrons. The molecule has 0 aromatic rings. The van der Waals surface area contributed by atoms with Crippen molar-refractivity contribution < 1.29 is 28.7 Å². The molecule has 0 aromatic carbocycles. The summed E-state index contributed by atoms with van der Waals surface area (Å²) in [6, 6.07) is 0. The molecule has 5 amide bonds. The minimum Gasteiger partial charge on any atom is -0.380 e. The average molecular weight is 495 g/mol. The molecule has 0 bridgehead atoms. The van der Waals surface area contributed by atoms with Gasteiger partial charge in [-0.05, 0) is 5.41 Å². The Hall–Kier alpha value is -2.75. The van der Waals surface area contributed by atoms with Gasteiger partial charge in [-0.2, -0.15) is 0 Å². The number of imide groups is 1. The lowest BCUT2D eigenvalue weighted by molar-refractivity contribution is -0.137. The molecule has 0 fully saturated rings. The predicted molar refractivity (Wildman–Crippen MR) is 132 cm³/mol. The molecule has 1 aliphatic heterocycles. The Morgan fingerprint density at radius 3 is 1.91 bits per heavy atom. The molecular formula is C25H42N4O6. The monoisotopic (exact) mass is 494 g/mol. The summed E-state index contributed by atoms with van der Waals surface area (Å²) in [5.74, 6) is -1.23. The van der Waals surface area contributed by atoms with E-state index in [0.29, 0.717) is 32.8 Å². The normalized spacial score (nSPS) is 14.3. The van der Waals surface area contributed by atoms with Gasteiger partial charge < -0.3 is 20.7 Å². The lowest BCUT2D eigenvalue weighted by atomic mass is 9.89. The van der Waals surface area contributed by atoms with Crippen molar-refractivity contribution in [1.82, 2.24) is 20.9 Å². The summed E-state index contributed by atoms with van der Waals surface area (Å²) in [6.07, 6.45) is 2.71. The lowest BCUT2D eigenvalue weighted by Gasteiger charge is -2.29. The molecule has 0 aromatic heterocycles. The van der Waals surface area contributed by atoms with Crippen LogP contribution in [-0.2, 0) is 28.7 Å². The van der Waals surface area contributed by atoms with Crippen molar-refractivity contribution in [2.75, 3.05) is 39.4 Å². The number of nitrogens with one attached hydrogen (secondary N) is 3. The highest BCUT2D eigenvalue weighted by molar-refractivity contribution is 6.13. The van der Waals surface area contributed by atoms with Gasteiger partial charge in [0.1, 0.15) is 0 Å². The van der Waals surface area contributed by atoms with E-state index in [4.69, 9.17) is 4.74 Å². The van der Waals surface area contributed by atoms with Crippen LogP contribution in [0.15, 0.2) is 12.2 Å². The van der Waals surface area contributed by atoms with Crippen LogP contribution in [0.3, 0.4) is 0 Å². The number of hydrogen-bond acceptors (Lipinski definition) is 6. The third-order valence-corrected chi connectivity index (χ3v) is 5.27. The van der Waals surface area contributed by atoms with Gasteiger partial charge in [-0.25, -0.2) is 0 Å². The number of nitrogens with zero attached hydrogens (tertiary/aromatic N) is 1. The summed E-state index contributed by atoms with van der Waals surface area (Å²) in [4.78, 5) is 60.3. The van der Waals surface area contributed by atoms with Gasteiger partial charge in [0, 0.05) is 62.0 Å². The number of amides is 5. The summed E-state index contributed by atoms with van der Waals surface area (Å²) in [6.45, 7) is 15.2. The van der Waals surface area contributed by atoms with E-state index >= 15 is 0 Å². The summed E-state index contributed by atoms with van der Waals surface area (Å²) >= 11 is 0. The van der Waals surface area contributed by atoms with Crippen LogP contribution in [0.1, 0.15) is 61.3 Å². The van der Waals surface area contributed by atoms with E-state index in [1.54, 1.807) is 0 Å². The maximum Gasteiger partial charge on any atom is 0.253 e. The van der Waals surface area contributed by atoms with Crippen LogP contribution >= 0.6 is 0 Å². The zero-order chi connectivity index (χ0) is 26.9. The average Bonchev–Trinajstić information content (AvgIpc) is 3.04. The quantitative estimate of drug-likeness (QED) is 0.245. The highest BCUT2D eigenvalue weighted by Crippen LogP contribution is 2.23. The standard InChI is InChI=1S/C25H42N4O6/c1-23(2,3)22(34)27-12-11-26-19(31)14-24(4,5)16-35-17-25(6,7)15-28-18(30)10-13-29-20(32)8-9-21(29)33/h8-9H,10-17H2,1-7H3,(H,26,31)(H,27,34)(H,28,30). The molecule has 35 heavy (non-hydrogen) atoms. The second kappa shape index (κ2) is 12.8. The molecule has 1 rings (SSSR count). The van der Waals surface area contributed by atoms with Gasteiger partial charge in [0.15, 0.2) is 0 Å². The molecule has 0 unspecified atom stereocenters. The Labute approximate surface area is 208 Å². The van der Waals surface area contributed by atoms with Crippen LogP contribution in [0.2, 0.25) is 0 Å². The van der Waals surface area contributed by atoms with Crippen molar-refractivity contribution >= 4 is 29.5 Å². The maximum absolute atomic E-state index is 12.3. The van der Waals surface area contributed by atoms with Crippen molar-refractivity contribution in [3.63, 3.8) is 0 Å². The molecule has 3 N–H and O–H groups in total. The van der Waals surface area contributed by atoms with Gasteiger partial charge in [-0.15, -0.1) is 0 Å². The van der Waals surface area contributed by atoms with Gasteiger partial charge in [0.25, 0.3) is 11.8 Å². The minimum absolute atomic E-state index is 0.0398. The second-order valence-corrected chi connectivity index (χ2v) is 11.5. The highest BCUT2D eigenvalue weighted by Gasteiger charge is 2.27. The highest BCUT2D eigenvalue weighted by atomic mass is 16.5. The van der Waals surface area contributed by atoms with Crippen molar-refractivity contribution in [2.45, 2.75) is 61.3 Å². The molecule has 1 aliphatic rings. The predicted octanol–water partition coefficient (Wildman–Crippen LogP) is 1.16. The molecule has 0 saturated heterocycles. The molecular weight excluding hydrogens is 452 g/mol. The molecule has 0 atom stereocenters. The van der Waals surface area contributed by atoms with Crippen LogP contribution in [0.5, 0.6) is 0 Å². The van der Waals surface area contributed by atoms with Gasteiger partial charge >= 0.3 is 0 Å². The third-order valence-electron chi connectivity index (χ3n) is 5.27. The third kappa shape index (κ3) is 12.0. The molecule has 0 saturated carbocycles. The van der Waals surface area contributed by atoms with E-state index in [1.807, 2.05) is 48.5 Å². The van der Waals surface area contributed by atoms with Crippen LogP contribution in [0.4, 0.5) is 0 Å². The molecule has 10 nitrogen and oxygen atoms in total. The van der Waals surface area contributed by atoms with Gasteiger partial charge in [0.2, 0.25) is 17.7 Å². The Morgan fingerprint density at radius 2 is 1.34 bits per heavy atom. The Bertz CT molecular complexity index is 808. The number of rotatable bonds is 14. The minimum atomic E-state index is -0.466. The summed E-state index contributed by atoms with van der Waals surface area (Å²) in [5, 5.41) is 8.43. The van der Waals surface area contributed by atoms with Crippen LogP contribution in [0, 0.1) is 16.2 Å². The molecule has 1 heterocycles. The summed E-state index contributed by atoms with van der Waals surface area (Å²) in [7, 11) is 0. The number of carbonyl (C=O) groups excluding carboxylic acids is 5. The first-order valence-corrected chi connectivity index (χ1v) is 12.0. The van der Waals surface area contributed by atoms with Crippen LogP contribution < -0.4 is 16.0 Å². The van der Waals surface area contributed by atoms with E-state index in [-0.39, 0.29) is 47.9 Å². The van der Waals surface area contributed by atoms with E-state index in [1.165, 1.54) is 12.2 Å². The smallest absolute Gasteiger partial charge is 0.253 e. The zero-order valence-corrected chi connectivity index (χ0v) is 22.2. The Balaban J connectivity index is 2.26. The Morgan fingerprint density at radius 1 is 0.800 bits per heavy atom. The van der Waals surface area contributed by atoms with Gasteiger partial charge in [-0.1, -0.05) is 48.5 Å². The topological polar surface area (TPSA) is 134 Å². The van der Waals surface area contributed by atoms with E-state index in [0.717, 1.165) is 4.90 Å². The fraction of sp³-hybridized carbons (Fsp3) is 0.720. The fourth-order valence-corrected chi connectivity index (χ4v) is 3.14. The first kappa shape index (κ1) is 30.3. The molecule has 0 spiro atoms. The lowest BCUT2D eigenvalue weighted by Crippen LogP contribution is -2.41. The maximum atomic E-state index is 12.3. The SMILES string of the molecule is CC(C)(CNC(=O)CCN1C(=O)C=CC1=O)COCC(C)(C)CC(=O)NCCNC(=O)C(C)(C)C. The summed E-state index contributed by atoms with van der Waals surface area (Å²) in [5.41, 5.74) is -1.20. The molecule has 0 aliphatic carbocycles. The van der Waals surface area contributed by atoms with E-state index in [9.17, 15) is 24.0 Å². The Kier molecular flexibility index (Phi) is 11.1. The number of hydrogen-bond donors (Lipinski definition) is 3. The molecule has 10 heteroatoms. The largest absolute Gasteiger partial charge is 0.380 e. The van der Waals surface area contributed by atoms with Crippen molar-refractivity contribution in [1.29, 1.82) is 0 Å². The van der Waals surface area contributed by atoms with Crippen molar-refractivity contribution in [3.05, 3.63) is 12.2 Å². The fourth-order valence-electron chi connectivity index (χ4n) is 3.14. The van der Waals surface area contributed by atoms with E-state index in [2.05, 4.69) is 16.0 Å². The van der Waals surface area contributed by atoms with Crippen molar-refractivity contribution in [2.24, 2.45) is 16.2 Å². The first-order valence-electron chi connectivity index (χ1n) is 12.0. The van der Waals surface area contributed by atoms with Crippen LogP contribution in [-0.4, -0.2) is 73.8 Å². The zero-order valence-electron chi connectivity index (χ0n) is 22.2. The van der Waals surface area contributed by atoms with Crippen molar-refractivity contribution in [3.8, 4) is 0 Å². The summed E-state index contributed by atoms with van der Waals surface area (Å²) < 4.78 is 5.87. The van der Waals surface area contributed by atoms with Crippen LogP contribution in [0.25, 0.3) is 0 Å². The second-order valence-electron chi connectivity index (χ2n) is 11.5.